The maximum atomic E-state index is 11.1. The van der Waals surface area contributed by atoms with Crippen LogP contribution >= 0.6 is 0 Å². The number of hydrogen-bond acceptors (Lipinski definition) is 3. The molecular formula is C13H20N2O2. The predicted molar refractivity (Wildman–Crippen MR) is 70.4 cm³/mol. The average Bonchev–Trinajstić information content (AvgIpc) is 2.14. The van der Waals surface area contributed by atoms with Gasteiger partial charge in [-0.15, -0.1) is 0 Å². The Kier molecular flexibility index (Phi) is 3.66. The minimum absolute atomic E-state index is 0.0341. The number of rotatable bonds is 2. The third-order valence-corrected chi connectivity index (χ3v) is 2.50. The third kappa shape index (κ3) is 3.12. The topological polar surface area (TPSA) is 64.3 Å². The highest BCUT2D eigenvalue weighted by molar-refractivity contribution is 5.92. The number of nitrogen functional groups attached to an aromatic ring is 1. The molecule has 0 saturated heterocycles. The van der Waals surface area contributed by atoms with Gasteiger partial charge in [-0.2, -0.15) is 0 Å². The maximum Gasteiger partial charge on any atom is 0.221 e. The second-order valence-corrected chi connectivity index (χ2v) is 5.08. The van der Waals surface area contributed by atoms with Crippen LogP contribution in [0.25, 0.3) is 0 Å². The van der Waals surface area contributed by atoms with E-state index in [1.165, 1.54) is 14.0 Å². The highest BCUT2D eigenvalue weighted by Crippen LogP contribution is 2.36. The molecule has 3 N–H and O–H groups in total. The fourth-order valence-electron chi connectivity index (χ4n) is 1.59. The molecule has 0 aliphatic rings. The zero-order chi connectivity index (χ0) is 13.2. The van der Waals surface area contributed by atoms with Gasteiger partial charge >= 0.3 is 0 Å². The van der Waals surface area contributed by atoms with Crippen molar-refractivity contribution < 1.29 is 9.53 Å². The van der Waals surface area contributed by atoms with Crippen molar-refractivity contribution in [1.29, 1.82) is 0 Å². The zero-order valence-electron chi connectivity index (χ0n) is 11.0. The second-order valence-electron chi connectivity index (χ2n) is 5.08. The van der Waals surface area contributed by atoms with Crippen molar-refractivity contribution >= 4 is 17.3 Å². The Labute approximate surface area is 102 Å². The van der Waals surface area contributed by atoms with Gasteiger partial charge in [0.05, 0.1) is 18.5 Å². The van der Waals surface area contributed by atoms with E-state index in [-0.39, 0.29) is 11.3 Å². The quantitative estimate of drug-likeness (QED) is 0.775. The van der Waals surface area contributed by atoms with Gasteiger partial charge < -0.3 is 15.8 Å². The van der Waals surface area contributed by atoms with Crippen LogP contribution in [-0.4, -0.2) is 13.0 Å². The van der Waals surface area contributed by atoms with Gasteiger partial charge in [-0.1, -0.05) is 20.8 Å². The van der Waals surface area contributed by atoms with E-state index >= 15 is 0 Å². The first-order valence-corrected chi connectivity index (χ1v) is 5.51. The normalized spacial score (nSPS) is 11.1. The molecule has 4 nitrogen and oxygen atoms in total. The molecule has 1 amide bonds. The van der Waals surface area contributed by atoms with Gasteiger partial charge in [-0.05, 0) is 23.1 Å². The van der Waals surface area contributed by atoms with Gasteiger partial charge in [0.15, 0.2) is 5.75 Å². The van der Waals surface area contributed by atoms with E-state index in [0.717, 1.165) is 5.56 Å². The number of anilines is 2. The van der Waals surface area contributed by atoms with E-state index < -0.39 is 0 Å². The Morgan fingerprint density at radius 2 is 1.94 bits per heavy atom. The van der Waals surface area contributed by atoms with Crippen molar-refractivity contribution in [2.75, 3.05) is 18.2 Å². The van der Waals surface area contributed by atoms with Gasteiger partial charge in [-0.25, -0.2) is 0 Å². The van der Waals surface area contributed by atoms with Gasteiger partial charge in [0.1, 0.15) is 0 Å². The summed E-state index contributed by atoms with van der Waals surface area (Å²) in [5.41, 5.74) is 8.10. The first-order chi connectivity index (χ1) is 7.75. The van der Waals surface area contributed by atoms with E-state index in [1.807, 2.05) is 12.1 Å². The molecule has 17 heavy (non-hydrogen) atoms. The molecule has 1 aromatic rings. The maximum absolute atomic E-state index is 11.1. The zero-order valence-corrected chi connectivity index (χ0v) is 11.0. The van der Waals surface area contributed by atoms with Crippen LogP contribution in [0.4, 0.5) is 11.4 Å². The van der Waals surface area contributed by atoms with Gasteiger partial charge in [0.25, 0.3) is 0 Å². The summed E-state index contributed by atoms with van der Waals surface area (Å²) >= 11 is 0. The summed E-state index contributed by atoms with van der Waals surface area (Å²) in [6.07, 6.45) is 0. The number of carbonyl (C=O) groups excluding carboxylic acids is 1. The van der Waals surface area contributed by atoms with Crippen molar-refractivity contribution in [3.05, 3.63) is 17.7 Å². The van der Waals surface area contributed by atoms with Crippen LogP contribution in [0.2, 0.25) is 0 Å². The summed E-state index contributed by atoms with van der Waals surface area (Å²) in [7, 11) is 1.54. The van der Waals surface area contributed by atoms with Crippen LogP contribution in [0.3, 0.4) is 0 Å². The number of benzene rings is 1. The molecular weight excluding hydrogens is 216 g/mol. The highest BCUT2D eigenvalue weighted by atomic mass is 16.5. The molecule has 0 aliphatic carbocycles. The molecule has 4 heteroatoms. The van der Waals surface area contributed by atoms with Crippen LogP contribution in [-0.2, 0) is 10.2 Å². The van der Waals surface area contributed by atoms with Crippen LogP contribution < -0.4 is 15.8 Å². The van der Waals surface area contributed by atoms with Crippen molar-refractivity contribution in [1.82, 2.24) is 0 Å². The average molecular weight is 236 g/mol. The molecule has 0 bridgehead atoms. The Hall–Kier alpha value is -1.71. The van der Waals surface area contributed by atoms with E-state index in [0.29, 0.717) is 17.1 Å². The number of methoxy groups -OCH3 is 1. The molecule has 1 rings (SSSR count). The number of nitrogens with two attached hydrogens (primary N) is 1. The minimum atomic E-state index is -0.145. The first-order valence-electron chi connectivity index (χ1n) is 5.51. The fraction of sp³-hybridized carbons (Fsp3) is 0.462. The second kappa shape index (κ2) is 4.65. The van der Waals surface area contributed by atoms with E-state index in [1.54, 1.807) is 0 Å². The largest absolute Gasteiger partial charge is 0.492 e. The molecule has 0 unspecified atom stereocenters. The predicted octanol–water partition coefficient (Wildman–Crippen LogP) is 2.53. The van der Waals surface area contributed by atoms with Crippen LogP contribution in [0.1, 0.15) is 33.3 Å². The van der Waals surface area contributed by atoms with Crippen LogP contribution in [0, 0.1) is 0 Å². The summed E-state index contributed by atoms with van der Waals surface area (Å²) in [5, 5.41) is 2.73. The van der Waals surface area contributed by atoms with Gasteiger partial charge in [-0.3, -0.25) is 4.79 Å². The number of hydrogen-bond donors (Lipinski definition) is 2. The standard InChI is InChI=1S/C13H20N2O2/c1-8(16)15-11-7-9(13(2,3)4)6-10(14)12(11)17-5/h6-7H,14H2,1-5H3,(H,15,16). The van der Waals surface area contributed by atoms with E-state index in [4.69, 9.17) is 10.5 Å². The smallest absolute Gasteiger partial charge is 0.221 e. The number of carbonyl (C=O) groups is 1. The van der Waals surface area contributed by atoms with Crippen LogP contribution in [0.5, 0.6) is 5.75 Å². The lowest BCUT2D eigenvalue weighted by Crippen LogP contribution is -2.14. The Bertz CT molecular complexity index is 434. The Balaban J connectivity index is 3.33. The van der Waals surface area contributed by atoms with E-state index in [9.17, 15) is 4.79 Å². The minimum Gasteiger partial charge on any atom is -0.492 e. The van der Waals surface area contributed by atoms with Crippen molar-refractivity contribution in [2.45, 2.75) is 33.1 Å². The highest BCUT2D eigenvalue weighted by Gasteiger charge is 2.18. The summed E-state index contributed by atoms with van der Waals surface area (Å²) in [4.78, 5) is 11.1. The summed E-state index contributed by atoms with van der Waals surface area (Å²) in [5.74, 6) is 0.363. The summed E-state index contributed by atoms with van der Waals surface area (Å²) < 4.78 is 5.20. The number of ether oxygens (including phenoxy) is 1. The number of amides is 1. The molecule has 0 saturated carbocycles. The summed E-state index contributed by atoms with van der Waals surface area (Å²) in [6.45, 7) is 7.72. The SMILES string of the molecule is COc1c(N)cc(C(C)(C)C)cc1NC(C)=O. The number of nitrogens with one attached hydrogen (secondary N) is 1. The molecule has 0 atom stereocenters. The van der Waals surface area contributed by atoms with Gasteiger partial charge in [0.2, 0.25) is 5.91 Å². The summed E-state index contributed by atoms with van der Waals surface area (Å²) in [6, 6.07) is 3.78. The molecule has 0 radical (unpaired) electrons. The fourth-order valence-corrected chi connectivity index (χ4v) is 1.59. The molecule has 0 aromatic heterocycles. The molecule has 0 aliphatic heterocycles. The lowest BCUT2D eigenvalue weighted by Gasteiger charge is -2.22. The molecule has 0 heterocycles. The molecule has 0 spiro atoms. The molecule has 94 valence electrons. The third-order valence-electron chi connectivity index (χ3n) is 2.50. The van der Waals surface area contributed by atoms with Crippen molar-refractivity contribution in [3.63, 3.8) is 0 Å². The van der Waals surface area contributed by atoms with E-state index in [2.05, 4.69) is 26.1 Å². The van der Waals surface area contributed by atoms with Gasteiger partial charge in [0, 0.05) is 6.92 Å². The lowest BCUT2D eigenvalue weighted by atomic mass is 9.86. The monoisotopic (exact) mass is 236 g/mol. The Morgan fingerprint density at radius 1 is 1.35 bits per heavy atom. The first kappa shape index (κ1) is 13.4. The lowest BCUT2D eigenvalue weighted by molar-refractivity contribution is -0.114. The Morgan fingerprint density at radius 3 is 2.35 bits per heavy atom. The molecule has 1 aromatic carbocycles. The van der Waals surface area contributed by atoms with Crippen molar-refractivity contribution in [3.8, 4) is 5.75 Å². The van der Waals surface area contributed by atoms with Crippen LogP contribution in [0.15, 0.2) is 12.1 Å². The van der Waals surface area contributed by atoms with Crippen molar-refractivity contribution in [2.24, 2.45) is 0 Å². The molecule has 0 fully saturated rings.